The summed E-state index contributed by atoms with van der Waals surface area (Å²) >= 11 is 0. The van der Waals surface area contributed by atoms with Crippen LogP contribution in [0.1, 0.15) is 39.2 Å². The molecule has 0 aromatic heterocycles. The Kier molecular flexibility index (Phi) is 6.22. The number of hydrogen-bond acceptors (Lipinski definition) is 3. The molecule has 1 saturated heterocycles. The maximum atomic E-state index is 5.49. The monoisotopic (exact) mass is 290 g/mol. The van der Waals surface area contributed by atoms with Crippen molar-refractivity contribution in [3.05, 3.63) is 35.9 Å². The van der Waals surface area contributed by atoms with Crippen LogP contribution >= 0.6 is 0 Å². The lowest BCUT2D eigenvalue weighted by atomic mass is 9.91. The van der Waals surface area contributed by atoms with Gasteiger partial charge in [0.15, 0.2) is 0 Å². The number of nitrogens with zero attached hydrogens (tertiary/aromatic N) is 1. The molecule has 1 N–H and O–H groups in total. The smallest absolute Gasteiger partial charge is 0.0535 e. The van der Waals surface area contributed by atoms with Crippen LogP contribution in [0.2, 0.25) is 0 Å². The second kappa shape index (κ2) is 7.92. The van der Waals surface area contributed by atoms with E-state index in [1.807, 2.05) is 0 Å². The van der Waals surface area contributed by atoms with Crippen LogP contribution < -0.4 is 5.32 Å². The van der Waals surface area contributed by atoms with Crippen LogP contribution in [0.5, 0.6) is 0 Å². The van der Waals surface area contributed by atoms with Gasteiger partial charge in [-0.15, -0.1) is 0 Å². The molecule has 1 aromatic rings. The normalized spacial score (nSPS) is 27.5. The topological polar surface area (TPSA) is 24.5 Å². The molecule has 2 atom stereocenters. The van der Waals surface area contributed by atoms with E-state index in [9.17, 15) is 0 Å². The zero-order valence-electron chi connectivity index (χ0n) is 13.8. The lowest BCUT2D eigenvalue weighted by molar-refractivity contribution is 0.115. The van der Waals surface area contributed by atoms with Gasteiger partial charge in [0.2, 0.25) is 0 Å². The van der Waals surface area contributed by atoms with Gasteiger partial charge in [-0.3, -0.25) is 4.90 Å². The van der Waals surface area contributed by atoms with Crippen molar-refractivity contribution in [2.75, 3.05) is 32.8 Å². The van der Waals surface area contributed by atoms with Crippen LogP contribution in [-0.2, 0) is 10.3 Å². The van der Waals surface area contributed by atoms with Crippen LogP contribution in [0.3, 0.4) is 0 Å². The predicted molar refractivity (Wildman–Crippen MR) is 88.6 cm³/mol. The zero-order chi connectivity index (χ0) is 15.1. The number of rotatable bonds is 6. The molecule has 0 saturated carbocycles. The second-order valence-corrected chi connectivity index (χ2v) is 6.28. The molecule has 2 unspecified atom stereocenters. The number of hydrogen-bond donors (Lipinski definition) is 1. The molecule has 0 spiro atoms. The van der Waals surface area contributed by atoms with Crippen molar-refractivity contribution in [1.82, 2.24) is 10.2 Å². The first-order valence-corrected chi connectivity index (χ1v) is 8.28. The summed E-state index contributed by atoms with van der Waals surface area (Å²) < 4.78 is 5.49. The molecule has 0 radical (unpaired) electrons. The van der Waals surface area contributed by atoms with E-state index in [0.717, 1.165) is 39.3 Å². The molecule has 3 heteroatoms. The fourth-order valence-corrected chi connectivity index (χ4v) is 3.17. The van der Waals surface area contributed by atoms with Gasteiger partial charge in [0.25, 0.3) is 0 Å². The molecule has 2 rings (SSSR count). The third-order valence-corrected chi connectivity index (χ3v) is 4.57. The summed E-state index contributed by atoms with van der Waals surface area (Å²) in [5, 5.41) is 3.76. The van der Waals surface area contributed by atoms with Gasteiger partial charge in [0.05, 0.1) is 5.54 Å². The molecule has 1 aromatic carbocycles. The molecule has 1 aliphatic heterocycles. The first kappa shape index (κ1) is 16.5. The predicted octanol–water partition coefficient (Wildman–Crippen LogP) is 3.01. The highest BCUT2D eigenvalue weighted by atomic mass is 16.5. The van der Waals surface area contributed by atoms with Crippen LogP contribution in [0, 0.1) is 0 Å². The number of benzene rings is 1. The first-order valence-electron chi connectivity index (χ1n) is 8.28. The molecule has 1 fully saturated rings. The molecule has 1 aliphatic rings. The van der Waals surface area contributed by atoms with Crippen molar-refractivity contribution in [1.29, 1.82) is 0 Å². The van der Waals surface area contributed by atoms with E-state index in [0.29, 0.717) is 6.04 Å². The molecular weight excluding hydrogens is 260 g/mol. The Morgan fingerprint density at radius 2 is 2.10 bits per heavy atom. The standard InChI is InChI=1S/C18H30N2O/c1-4-21-14-8-13-20-15-18(3,19-12-11-16(20)2)17-9-6-5-7-10-17/h5-7,9-10,16,19H,4,8,11-15H2,1-3H3. The summed E-state index contributed by atoms with van der Waals surface area (Å²) in [7, 11) is 0. The molecule has 3 nitrogen and oxygen atoms in total. The van der Waals surface area contributed by atoms with Crippen molar-refractivity contribution in [2.45, 2.75) is 45.2 Å². The average molecular weight is 290 g/mol. The minimum Gasteiger partial charge on any atom is -0.382 e. The van der Waals surface area contributed by atoms with Gasteiger partial charge < -0.3 is 10.1 Å². The molecule has 118 valence electrons. The Morgan fingerprint density at radius 1 is 1.33 bits per heavy atom. The van der Waals surface area contributed by atoms with Crippen LogP contribution in [-0.4, -0.2) is 43.8 Å². The van der Waals surface area contributed by atoms with E-state index < -0.39 is 0 Å². The SMILES string of the molecule is CCOCCCN1CC(C)(c2ccccc2)NCCC1C. The summed E-state index contributed by atoms with van der Waals surface area (Å²) in [6, 6.07) is 11.5. The summed E-state index contributed by atoms with van der Waals surface area (Å²) in [6.07, 6.45) is 2.32. The van der Waals surface area contributed by atoms with E-state index in [2.05, 4.69) is 61.3 Å². The summed E-state index contributed by atoms with van der Waals surface area (Å²) in [5.41, 5.74) is 1.42. The van der Waals surface area contributed by atoms with Gasteiger partial charge in [-0.05, 0) is 45.7 Å². The highest BCUT2D eigenvalue weighted by Gasteiger charge is 2.32. The third-order valence-electron chi connectivity index (χ3n) is 4.57. The van der Waals surface area contributed by atoms with E-state index in [1.165, 1.54) is 12.0 Å². The quantitative estimate of drug-likeness (QED) is 0.815. The molecule has 21 heavy (non-hydrogen) atoms. The third kappa shape index (κ3) is 4.53. The summed E-state index contributed by atoms with van der Waals surface area (Å²) in [4.78, 5) is 2.62. The van der Waals surface area contributed by atoms with Crippen LogP contribution in [0.4, 0.5) is 0 Å². The van der Waals surface area contributed by atoms with Crippen LogP contribution in [0.25, 0.3) is 0 Å². The number of nitrogens with one attached hydrogen (secondary N) is 1. The van der Waals surface area contributed by atoms with Gasteiger partial charge in [-0.1, -0.05) is 30.3 Å². The average Bonchev–Trinajstić information content (AvgIpc) is 2.65. The zero-order valence-corrected chi connectivity index (χ0v) is 13.8. The Bertz CT molecular complexity index is 409. The summed E-state index contributed by atoms with van der Waals surface area (Å²) in [6.45, 7) is 11.7. The van der Waals surface area contributed by atoms with Gasteiger partial charge in [0, 0.05) is 32.3 Å². The van der Waals surface area contributed by atoms with Crippen molar-refractivity contribution < 1.29 is 4.74 Å². The maximum Gasteiger partial charge on any atom is 0.0535 e. The van der Waals surface area contributed by atoms with E-state index >= 15 is 0 Å². The minimum atomic E-state index is 0.0393. The van der Waals surface area contributed by atoms with Crippen molar-refractivity contribution in [2.24, 2.45) is 0 Å². The van der Waals surface area contributed by atoms with E-state index in [4.69, 9.17) is 4.74 Å². The Balaban J connectivity index is 2.03. The fourth-order valence-electron chi connectivity index (χ4n) is 3.17. The van der Waals surface area contributed by atoms with Gasteiger partial charge in [0.1, 0.15) is 0 Å². The lowest BCUT2D eigenvalue weighted by Crippen LogP contribution is -2.47. The van der Waals surface area contributed by atoms with Crippen molar-refractivity contribution >= 4 is 0 Å². The number of ether oxygens (including phenoxy) is 1. The minimum absolute atomic E-state index is 0.0393. The Morgan fingerprint density at radius 3 is 2.81 bits per heavy atom. The second-order valence-electron chi connectivity index (χ2n) is 6.28. The molecule has 0 amide bonds. The molecule has 0 aliphatic carbocycles. The highest BCUT2D eigenvalue weighted by Crippen LogP contribution is 2.26. The Labute approximate surface area is 129 Å². The molecule has 1 heterocycles. The van der Waals surface area contributed by atoms with Gasteiger partial charge >= 0.3 is 0 Å². The lowest BCUT2D eigenvalue weighted by Gasteiger charge is -2.36. The van der Waals surface area contributed by atoms with E-state index in [1.54, 1.807) is 0 Å². The maximum absolute atomic E-state index is 5.49. The van der Waals surface area contributed by atoms with Crippen LogP contribution in [0.15, 0.2) is 30.3 Å². The Hall–Kier alpha value is -0.900. The van der Waals surface area contributed by atoms with Gasteiger partial charge in [-0.25, -0.2) is 0 Å². The summed E-state index contributed by atoms with van der Waals surface area (Å²) in [5.74, 6) is 0. The molecular formula is C18H30N2O. The molecule has 0 bridgehead atoms. The highest BCUT2D eigenvalue weighted by molar-refractivity contribution is 5.24. The van der Waals surface area contributed by atoms with Crippen molar-refractivity contribution in [3.63, 3.8) is 0 Å². The van der Waals surface area contributed by atoms with Gasteiger partial charge in [-0.2, -0.15) is 0 Å². The van der Waals surface area contributed by atoms with Crippen molar-refractivity contribution in [3.8, 4) is 0 Å². The fraction of sp³-hybridized carbons (Fsp3) is 0.667. The van der Waals surface area contributed by atoms with E-state index in [-0.39, 0.29) is 5.54 Å². The first-order chi connectivity index (χ1) is 10.2. The largest absolute Gasteiger partial charge is 0.382 e.